The fourth-order valence-corrected chi connectivity index (χ4v) is 6.11. The zero-order chi connectivity index (χ0) is 24.7. The molecule has 0 unspecified atom stereocenters. The van der Waals surface area contributed by atoms with E-state index in [0.29, 0.717) is 29.6 Å². The van der Waals surface area contributed by atoms with Crippen LogP contribution < -0.4 is 16.2 Å². The maximum Gasteiger partial charge on any atom is 0.418 e. The van der Waals surface area contributed by atoms with E-state index >= 15 is 0 Å². The zero-order valence-corrected chi connectivity index (χ0v) is 19.0. The van der Waals surface area contributed by atoms with E-state index in [1.54, 1.807) is 13.8 Å². The third-order valence-corrected chi connectivity index (χ3v) is 7.76. The number of aromatic nitrogens is 2. The monoisotopic (exact) mass is 492 g/mol. The zero-order valence-electron chi connectivity index (χ0n) is 18.1. The first kappa shape index (κ1) is 24.0. The van der Waals surface area contributed by atoms with E-state index in [0.717, 1.165) is 10.6 Å². The molecule has 0 aliphatic rings. The second-order valence-electron chi connectivity index (χ2n) is 7.65. The molecule has 34 heavy (non-hydrogen) atoms. The molecule has 3 aromatic carbocycles. The lowest BCUT2D eigenvalue weighted by molar-refractivity contribution is -0.141. The van der Waals surface area contributed by atoms with Gasteiger partial charge in [-0.15, -0.1) is 0 Å². The van der Waals surface area contributed by atoms with Crippen molar-refractivity contribution in [1.29, 1.82) is 0 Å². The van der Waals surface area contributed by atoms with Crippen LogP contribution in [0.1, 0.15) is 22.5 Å². The van der Waals surface area contributed by atoms with Gasteiger partial charge in [-0.05, 0) is 42.7 Å². The summed E-state index contributed by atoms with van der Waals surface area (Å²) in [7, 11) is -1.47. The van der Waals surface area contributed by atoms with E-state index < -0.39 is 37.1 Å². The molecule has 0 atom stereocenters. The maximum absolute atomic E-state index is 14.0. The van der Waals surface area contributed by atoms with Crippen molar-refractivity contribution < 1.29 is 26.3 Å². The van der Waals surface area contributed by atoms with Crippen LogP contribution in [0.25, 0.3) is 5.69 Å². The summed E-state index contributed by atoms with van der Waals surface area (Å²) in [5, 5.41) is 1.63. The molecule has 0 saturated heterocycles. The topological polar surface area (TPSA) is 17.8 Å². The van der Waals surface area contributed by atoms with E-state index in [-0.39, 0.29) is 5.57 Å². The number of halogens is 6. The fourth-order valence-electron chi connectivity index (χ4n) is 3.70. The highest BCUT2D eigenvalue weighted by atomic mass is 31.1. The standard InChI is InChI=1S/C25H19F6N2P/c1-16-17(2)33(22-15-18(24(26,27)28)13-14-21(22)25(29,30)31)23(32-16)34(19-9-5-3-6-10-19)20-11-7-4-8-12-20/h3-15H,1-2H3. The van der Waals surface area contributed by atoms with Crippen molar-refractivity contribution in [1.82, 2.24) is 9.55 Å². The molecule has 0 bridgehead atoms. The lowest BCUT2D eigenvalue weighted by atomic mass is 10.1. The minimum Gasteiger partial charge on any atom is -0.296 e. The summed E-state index contributed by atoms with van der Waals surface area (Å²) in [4.78, 5) is 4.60. The molecule has 0 aliphatic heterocycles. The second-order valence-corrected chi connectivity index (χ2v) is 9.76. The second kappa shape index (κ2) is 8.91. The van der Waals surface area contributed by atoms with Gasteiger partial charge in [-0.1, -0.05) is 60.7 Å². The van der Waals surface area contributed by atoms with Gasteiger partial charge in [0.05, 0.1) is 22.5 Å². The molecule has 176 valence electrons. The van der Waals surface area contributed by atoms with E-state index in [1.807, 2.05) is 60.7 Å². The quantitative estimate of drug-likeness (QED) is 0.242. The summed E-state index contributed by atoms with van der Waals surface area (Å²) in [6.07, 6.45) is -9.66. The molecule has 0 spiro atoms. The van der Waals surface area contributed by atoms with Crippen molar-refractivity contribution in [3.05, 3.63) is 101 Å². The van der Waals surface area contributed by atoms with Crippen molar-refractivity contribution in [3.63, 3.8) is 0 Å². The summed E-state index contributed by atoms with van der Waals surface area (Å²) in [6, 6.07) is 19.8. The van der Waals surface area contributed by atoms with Crippen LogP contribution in [0, 0.1) is 13.8 Å². The number of benzene rings is 3. The van der Waals surface area contributed by atoms with Crippen LogP contribution in [0.15, 0.2) is 78.9 Å². The van der Waals surface area contributed by atoms with Gasteiger partial charge in [-0.2, -0.15) is 26.3 Å². The lowest BCUT2D eigenvalue weighted by Crippen LogP contribution is -2.29. The largest absolute Gasteiger partial charge is 0.418 e. The average Bonchev–Trinajstić information content (AvgIpc) is 3.07. The average molecular weight is 492 g/mol. The molecule has 0 aliphatic carbocycles. The van der Waals surface area contributed by atoms with Crippen LogP contribution in [0.4, 0.5) is 26.3 Å². The number of nitrogens with zero attached hydrogens (tertiary/aromatic N) is 2. The summed E-state index contributed by atoms with van der Waals surface area (Å²) < 4.78 is 83.7. The minimum atomic E-state index is -4.86. The van der Waals surface area contributed by atoms with Gasteiger partial charge in [0.25, 0.3) is 0 Å². The number of aryl methyl sites for hydroxylation is 1. The van der Waals surface area contributed by atoms with Gasteiger partial charge in [0.2, 0.25) is 0 Å². The Balaban J connectivity index is 2.07. The fraction of sp³-hybridized carbons (Fsp3) is 0.160. The Labute approximate surface area is 193 Å². The first-order valence-electron chi connectivity index (χ1n) is 10.2. The smallest absolute Gasteiger partial charge is 0.296 e. The minimum absolute atomic E-state index is 0.271. The number of hydrogen-bond donors (Lipinski definition) is 0. The number of rotatable bonds is 4. The van der Waals surface area contributed by atoms with Gasteiger partial charge in [-0.3, -0.25) is 4.57 Å². The predicted octanol–water partition coefficient (Wildman–Crippen LogP) is 6.28. The molecule has 0 N–H and O–H groups in total. The highest BCUT2D eigenvalue weighted by Gasteiger charge is 2.39. The van der Waals surface area contributed by atoms with Crippen LogP contribution in [-0.2, 0) is 12.4 Å². The molecule has 4 aromatic rings. The summed E-state index contributed by atoms with van der Waals surface area (Å²) >= 11 is 0. The third-order valence-electron chi connectivity index (χ3n) is 5.43. The third kappa shape index (κ3) is 4.60. The highest BCUT2D eigenvalue weighted by molar-refractivity contribution is 7.79. The van der Waals surface area contributed by atoms with Crippen LogP contribution in [0.5, 0.6) is 0 Å². The SMILES string of the molecule is Cc1nc(P(c2ccccc2)c2ccccc2)n(-c2cc(C(F)(F)F)ccc2C(F)(F)F)c1C. The van der Waals surface area contributed by atoms with Gasteiger partial charge < -0.3 is 0 Å². The van der Waals surface area contributed by atoms with Crippen LogP contribution >= 0.6 is 7.92 Å². The van der Waals surface area contributed by atoms with Crippen LogP contribution in [0.2, 0.25) is 0 Å². The van der Waals surface area contributed by atoms with E-state index in [4.69, 9.17) is 0 Å². The number of imidazole rings is 1. The predicted molar refractivity (Wildman–Crippen MR) is 122 cm³/mol. The molecule has 9 heteroatoms. The Bertz CT molecular complexity index is 1260. The van der Waals surface area contributed by atoms with Gasteiger partial charge >= 0.3 is 12.4 Å². The normalized spacial score (nSPS) is 12.4. The van der Waals surface area contributed by atoms with Crippen LogP contribution in [-0.4, -0.2) is 9.55 Å². The van der Waals surface area contributed by atoms with Gasteiger partial charge in [0, 0.05) is 13.6 Å². The summed E-state index contributed by atoms with van der Waals surface area (Å²) in [5.41, 5.74) is -1.84. The van der Waals surface area contributed by atoms with E-state index in [2.05, 4.69) is 4.98 Å². The van der Waals surface area contributed by atoms with Crippen LogP contribution in [0.3, 0.4) is 0 Å². The van der Waals surface area contributed by atoms with Crippen molar-refractivity contribution in [2.24, 2.45) is 0 Å². The molecule has 0 fully saturated rings. The molecular formula is C25H19F6N2P. The molecule has 0 radical (unpaired) electrons. The number of hydrogen-bond acceptors (Lipinski definition) is 1. The Morgan fingerprint density at radius 2 is 1.24 bits per heavy atom. The van der Waals surface area contributed by atoms with Gasteiger partial charge in [0.15, 0.2) is 0 Å². The molecular weight excluding hydrogens is 473 g/mol. The molecule has 0 saturated carbocycles. The molecule has 1 heterocycles. The van der Waals surface area contributed by atoms with E-state index in [9.17, 15) is 26.3 Å². The van der Waals surface area contributed by atoms with Gasteiger partial charge in [0.1, 0.15) is 5.57 Å². The Hall–Kier alpha value is -3.12. The summed E-state index contributed by atoms with van der Waals surface area (Å²) in [5.74, 6) is 0. The van der Waals surface area contributed by atoms with Gasteiger partial charge in [-0.25, -0.2) is 4.98 Å². The van der Waals surface area contributed by atoms with Crippen molar-refractivity contribution >= 4 is 24.1 Å². The van der Waals surface area contributed by atoms with E-state index in [1.165, 1.54) is 4.57 Å². The molecule has 4 rings (SSSR count). The van der Waals surface area contributed by atoms with Crippen molar-refractivity contribution in [2.45, 2.75) is 26.2 Å². The summed E-state index contributed by atoms with van der Waals surface area (Å²) in [6.45, 7) is 3.20. The van der Waals surface area contributed by atoms with Crippen molar-refractivity contribution in [3.8, 4) is 5.69 Å². The first-order chi connectivity index (χ1) is 16.0. The maximum atomic E-state index is 14.0. The Morgan fingerprint density at radius 3 is 1.71 bits per heavy atom. The number of alkyl halides is 6. The molecule has 1 aromatic heterocycles. The highest BCUT2D eigenvalue weighted by Crippen LogP contribution is 2.40. The molecule has 2 nitrogen and oxygen atoms in total. The molecule has 0 amide bonds. The Kier molecular flexibility index (Phi) is 6.30. The lowest BCUT2D eigenvalue weighted by Gasteiger charge is -2.23. The Morgan fingerprint density at radius 1 is 0.706 bits per heavy atom. The first-order valence-corrected chi connectivity index (χ1v) is 11.6. The van der Waals surface area contributed by atoms with Crippen molar-refractivity contribution in [2.75, 3.05) is 0 Å².